The van der Waals surface area contributed by atoms with Gasteiger partial charge in [0.05, 0.1) is 11.0 Å². The van der Waals surface area contributed by atoms with Crippen molar-refractivity contribution in [2.75, 3.05) is 0 Å². The Morgan fingerprint density at radius 1 is 0.560 bits per heavy atom. The van der Waals surface area contributed by atoms with Crippen LogP contribution in [-0.2, 0) is 12.8 Å². The smallest absolute Gasteiger partial charge is 0.128 e. The maximum atomic E-state index is 4.63. The van der Waals surface area contributed by atoms with Crippen LogP contribution in [0.4, 0.5) is 0 Å². The van der Waals surface area contributed by atoms with Gasteiger partial charge >= 0.3 is 0 Å². The first kappa shape index (κ1) is 15.6. The molecule has 2 heterocycles. The molecule has 0 radical (unpaired) electrons. The Bertz CT molecular complexity index is 916. The fourth-order valence-electron chi connectivity index (χ4n) is 3.00. The molecule has 0 atom stereocenters. The number of aryl methyl sites for hydroxylation is 2. The van der Waals surface area contributed by atoms with Crippen molar-refractivity contribution in [3.63, 3.8) is 0 Å². The fourth-order valence-corrected chi connectivity index (χ4v) is 3.00. The molecule has 0 aliphatic heterocycles. The van der Waals surface area contributed by atoms with Crippen molar-refractivity contribution < 1.29 is 0 Å². The van der Waals surface area contributed by atoms with Crippen LogP contribution in [0.3, 0.4) is 0 Å². The lowest BCUT2D eigenvalue weighted by Gasteiger charge is -2.03. The third-order valence-electron chi connectivity index (χ3n) is 4.38. The van der Waals surface area contributed by atoms with Gasteiger partial charge in [0, 0.05) is 36.0 Å². The standard InChI is InChI=1S/C21H20N4/c1(2-12-20-22-14-16-8-4-6-10-18(16)24-20)3-13-21-23-15-17-9-5-7-11-19(17)25-21/h4-11,14-15H,1-3,12-13H2. The summed E-state index contributed by atoms with van der Waals surface area (Å²) in [6.45, 7) is 0. The van der Waals surface area contributed by atoms with Crippen LogP contribution < -0.4 is 0 Å². The molecule has 4 heteroatoms. The van der Waals surface area contributed by atoms with Crippen LogP contribution in [0.25, 0.3) is 21.8 Å². The van der Waals surface area contributed by atoms with Crippen LogP contribution in [0.1, 0.15) is 30.9 Å². The van der Waals surface area contributed by atoms with Gasteiger partial charge in [0.2, 0.25) is 0 Å². The molecule has 0 fully saturated rings. The first-order valence-corrected chi connectivity index (χ1v) is 8.80. The molecule has 0 saturated heterocycles. The summed E-state index contributed by atoms with van der Waals surface area (Å²) in [5.41, 5.74) is 2.05. The Morgan fingerprint density at radius 3 is 1.56 bits per heavy atom. The molecule has 124 valence electrons. The van der Waals surface area contributed by atoms with Gasteiger partial charge in [0.15, 0.2) is 0 Å². The molecular formula is C21H20N4. The normalized spacial score (nSPS) is 11.2. The van der Waals surface area contributed by atoms with Crippen molar-refractivity contribution in [1.29, 1.82) is 0 Å². The van der Waals surface area contributed by atoms with E-state index in [1.807, 2.05) is 60.9 Å². The minimum Gasteiger partial charge on any atom is -0.241 e. The fraction of sp³-hybridized carbons (Fsp3) is 0.238. The molecular weight excluding hydrogens is 308 g/mol. The molecule has 0 amide bonds. The first-order valence-electron chi connectivity index (χ1n) is 8.80. The lowest BCUT2D eigenvalue weighted by Crippen LogP contribution is -1.97. The number of fused-ring (bicyclic) bond motifs is 2. The number of rotatable bonds is 6. The summed E-state index contributed by atoms with van der Waals surface area (Å²) in [4.78, 5) is 18.2. The average molecular weight is 328 g/mol. The third-order valence-corrected chi connectivity index (χ3v) is 4.38. The summed E-state index contributed by atoms with van der Waals surface area (Å²) < 4.78 is 0. The highest BCUT2D eigenvalue weighted by atomic mass is 14.9. The van der Waals surface area contributed by atoms with E-state index in [0.717, 1.165) is 65.6 Å². The van der Waals surface area contributed by atoms with E-state index in [1.54, 1.807) is 0 Å². The van der Waals surface area contributed by atoms with Crippen LogP contribution in [0.15, 0.2) is 60.9 Å². The number of hydrogen-bond donors (Lipinski definition) is 0. The number of unbranched alkanes of at least 4 members (excludes halogenated alkanes) is 2. The van der Waals surface area contributed by atoms with Gasteiger partial charge in [-0.3, -0.25) is 0 Å². The van der Waals surface area contributed by atoms with Gasteiger partial charge in [-0.25, -0.2) is 19.9 Å². The van der Waals surface area contributed by atoms with Crippen LogP contribution >= 0.6 is 0 Å². The van der Waals surface area contributed by atoms with Crippen molar-refractivity contribution in [3.05, 3.63) is 72.6 Å². The number of para-hydroxylation sites is 2. The minimum atomic E-state index is 0.920. The lowest BCUT2D eigenvalue weighted by atomic mass is 10.1. The van der Waals surface area contributed by atoms with Gasteiger partial charge in [-0.15, -0.1) is 0 Å². The lowest BCUT2D eigenvalue weighted by molar-refractivity contribution is 0.651. The Morgan fingerprint density at radius 2 is 1.04 bits per heavy atom. The molecule has 0 bridgehead atoms. The highest BCUT2D eigenvalue weighted by molar-refractivity contribution is 5.77. The Labute approximate surface area is 147 Å². The zero-order valence-electron chi connectivity index (χ0n) is 14.1. The number of aromatic nitrogens is 4. The zero-order valence-corrected chi connectivity index (χ0v) is 14.1. The molecule has 0 aliphatic rings. The quantitative estimate of drug-likeness (QED) is 0.488. The number of benzene rings is 2. The van der Waals surface area contributed by atoms with Crippen LogP contribution in [-0.4, -0.2) is 19.9 Å². The highest BCUT2D eigenvalue weighted by Crippen LogP contribution is 2.13. The van der Waals surface area contributed by atoms with Crippen LogP contribution in [0.5, 0.6) is 0 Å². The largest absolute Gasteiger partial charge is 0.241 e. The molecule has 4 nitrogen and oxygen atoms in total. The maximum Gasteiger partial charge on any atom is 0.128 e. The van der Waals surface area contributed by atoms with Gasteiger partial charge in [-0.1, -0.05) is 42.8 Å². The van der Waals surface area contributed by atoms with Gasteiger partial charge < -0.3 is 0 Å². The number of hydrogen-bond acceptors (Lipinski definition) is 4. The summed E-state index contributed by atoms with van der Waals surface area (Å²) in [5, 5.41) is 2.19. The first-order chi connectivity index (χ1) is 12.4. The summed E-state index contributed by atoms with van der Waals surface area (Å²) in [5.74, 6) is 1.86. The van der Waals surface area contributed by atoms with E-state index in [0.29, 0.717) is 0 Å². The summed E-state index contributed by atoms with van der Waals surface area (Å²) >= 11 is 0. The van der Waals surface area contributed by atoms with E-state index < -0.39 is 0 Å². The molecule has 0 aliphatic carbocycles. The molecule has 4 rings (SSSR count). The average Bonchev–Trinajstić information content (AvgIpc) is 2.67. The maximum absolute atomic E-state index is 4.63. The minimum absolute atomic E-state index is 0.920. The molecule has 2 aromatic carbocycles. The summed E-state index contributed by atoms with van der Waals surface area (Å²) in [6, 6.07) is 16.2. The van der Waals surface area contributed by atoms with Crippen molar-refractivity contribution in [3.8, 4) is 0 Å². The van der Waals surface area contributed by atoms with Gasteiger partial charge in [-0.05, 0) is 25.0 Å². The predicted octanol–water partition coefficient (Wildman–Crippen LogP) is 4.53. The second kappa shape index (κ2) is 7.34. The van der Waals surface area contributed by atoms with E-state index in [-0.39, 0.29) is 0 Å². The van der Waals surface area contributed by atoms with E-state index in [2.05, 4.69) is 19.9 Å². The molecule has 4 aromatic rings. The monoisotopic (exact) mass is 328 g/mol. The Kier molecular flexibility index (Phi) is 4.59. The SMILES string of the molecule is c1ccc2nc(CCCCCc3ncc4ccccc4n3)ncc2c1. The van der Waals surface area contributed by atoms with Crippen molar-refractivity contribution in [2.45, 2.75) is 32.1 Å². The van der Waals surface area contributed by atoms with Crippen molar-refractivity contribution in [2.24, 2.45) is 0 Å². The third kappa shape index (κ3) is 3.79. The molecule has 2 aromatic heterocycles. The molecule has 0 unspecified atom stereocenters. The second-order valence-electron chi connectivity index (χ2n) is 6.25. The highest BCUT2D eigenvalue weighted by Gasteiger charge is 2.02. The summed E-state index contributed by atoms with van der Waals surface area (Å²) in [6.07, 6.45) is 8.98. The van der Waals surface area contributed by atoms with E-state index in [1.165, 1.54) is 0 Å². The Balaban J connectivity index is 1.28. The molecule has 0 N–H and O–H groups in total. The van der Waals surface area contributed by atoms with Gasteiger partial charge in [0.25, 0.3) is 0 Å². The molecule has 0 spiro atoms. The van der Waals surface area contributed by atoms with Crippen molar-refractivity contribution in [1.82, 2.24) is 19.9 Å². The summed E-state index contributed by atoms with van der Waals surface area (Å²) in [7, 11) is 0. The molecule has 25 heavy (non-hydrogen) atoms. The second-order valence-corrected chi connectivity index (χ2v) is 6.25. The van der Waals surface area contributed by atoms with E-state index in [4.69, 9.17) is 0 Å². The predicted molar refractivity (Wildman–Crippen MR) is 100 cm³/mol. The Hall–Kier alpha value is -2.88. The van der Waals surface area contributed by atoms with Crippen molar-refractivity contribution >= 4 is 21.8 Å². The number of nitrogens with zero attached hydrogens (tertiary/aromatic N) is 4. The molecule has 0 saturated carbocycles. The van der Waals surface area contributed by atoms with Crippen LogP contribution in [0.2, 0.25) is 0 Å². The van der Waals surface area contributed by atoms with E-state index in [9.17, 15) is 0 Å². The van der Waals surface area contributed by atoms with Crippen LogP contribution in [0, 0.1) is 0 Å². The van der Waals surface area contributed by atoms with E-state index >= 15 is 0 Å². The zero-order chi connectivity index (χ0) is 16.9. The topological polar surface area (TPSA) is 51.6 Å². The van der Waals surface area contributed by atoms with Gasteiger partial charge in [-0.2, -0.15) is 0 Å². The van der Waals surface area contributed by atoms with Gasteiger partial charge in [0.1, 0.15) is 11.6 Å².